The second kappa shape index (κ2) is 8.29. The van der Waals surface area contributed by atoms with E-state index in [1.807, 2.05) is 43.3 Å². The van der Waals surface area contributed by atoms with Crippen molar-refractivity contribution in [3.63, 3.8) is 0 Å². The molecule has 1 N–H and O–H groups in total. The standard InChI is InChI=1S/C24H21N3O3/c1-16(18-10-7-13-25-15-18)26-22(28)21(14-17-8-3-2-4-9-17)27-23(29)19-11-5-6-12-20(19)24(27)30/h2-13,15-16,21H,14H2,1H3,(H,26,28)/t16-,21+/m1/s1. The molecular formula is C24H21N3O3. The fraction of sp³-hybridized carbons (Fsp3) is 0.167. The van der Waals surface area contributed by atoms with Crippen LogP contribution >= 0.6 is 0 Å². The molecule has 0 fully saturated rings. The van der Waals surface area contributed by atoms with E-state index in [-0.39, 0.29) is 18.4 Å². The van der Waals surface area contributed by atoms with Crippen molar-refractivity contribution in [3.05, 3.63) is 101 Å². The molecule has 2 atom stereocenters. The van der Waals surface area contributed by atoms with Crippen LogP contribution < -0.4 is 5.32 Å². The maximum atomic E-state index is 13.3. The summed E-state index contributed by atoms with van der Waals surface area (Å²) in [5, 5.41) is 2.94. The predicted molar refractivity (Wildman–Crippen MR) is 112 cm³/mol. The van der Waals surface area contributed by atoms with Gasteiger partial charge in [-0.3, -0.25) is 24.3 Å². The van der Waals surface area contributed by atoms with Crippen LogP contribution in [0.1, 0.15) is 44.8 Å². The normalized spacial score (nSPS) is 14.9. The van der Waals surface area contributed by atoms with Crippen molar-refractivity contribution in [3.8, 4) is 0 Å². The molecule has 30 heavy (non-hydrogen) atoms. The zero-order valence-electron chi connectivity index (χ0n) is 16.5. The van der Waals surface area contributed by atoms with Crippen molar-refractivity contribution in [2.24, 2.45) is 0 Å². The van der Waals surface area contributed by atoms with Crippen LogP contribution in [0.2, 0.25) is 0 Å². The Morgan fingerprint density at radius 2 is 1.57 bits per heavy atom. The minimum Gasteiger partial charge on any atom is -0.348 e. The van der Waals surface area contributed by atoms with Crippen LogP contribution in [0.15, 0.2) is 79.1 Å². The summed E-state index contributed by atoms with van der Waals surface area (Å²) in [6.45, 7) is 1.84. The fourth-order valence-electron chi connectivity index (χ4n) is 3.65. The van der Waals surface area contributed by atoms with E-state index in [4.69, 9.17) is 0 Å². The molecule has 6 nitrogen and oxygen atoms in total. The first-order valence-electron chi connectivity index (χ1n) is 9.77. The van der Waals surface area contributed by atoms with Crippen molar-refractivity contribution in [1.82, 2.24) is 15.2 Å². The zero-order valence-corrected chi connectivity index (χ0v) is 16.5. The van der Waals surface area contributed by atoms with Gasteiger partial charge in [0.2, 0.25) is 5.91 Å². The molecule has 4 rings (SSSR count). The van der Waals surface area contributed by atoms with E-state index in [9.17, 15) is 14.4 Å². The second-order valence-corrected chi connectivity index (χ2v) is 7.25. The number of rotatable bonds is 6. The second-order valence-electron chi connectivity index (χ2n) is 7.25. The molecule has 2 aromatic carbocycles. The molecule has 0 saturated carbocycles. The van der Waals surface area contributed by atoms with E-state index in [0.29, 0.717) is 11.1 Å². The van der Waals surface area contributed by atoms with Crippen LogP contribution in [-0.4, -0.2) is 33.6 Å². The lowest BCUT2D eigenvalue weighted by Gasteiger charge is -2.27. The highest BCUT2D eigenvalue weighted by Gasteiger charge is 2.42. The number of amides is 3. The Hall–Kier alpha value is -3.80. The summed E-state index contributed by atoms with van der Waals surface area (Å²) in [5.74, 6) is -1.27. The predicted octanol–water partition coefficient (Wildman–Crippen LogP) is 3.17. The highest BCUT2D eigenvalue weighted by Crippen LogP contribution is 2.26. The van der Waals surface area contributed by atoms with Gasteiger partial charge in [-0.05, 0) is 36.2 Å². The summed E-state index contributed by atoms with van der Waals surface area (Å²) in [7, 11) is 0. The van der Waals surface area contributed by atoms with Crippen molar-refractivity contribution < 1.29 is 14.4 Å². The molecular weight excluding hydrogens is 378 g/mol. The number of imide groups is 1. The quantitative estimate of drug-likeness (QED) is 0.646. The summed E-state index contributed by atoms with van der Waals surface area (Å²) in [6, 6.07) is 18.4. The number of nitrogens with one attached hydrogen (secondary N) is 1. The Balaban J connectivity index is 1.64. The average Bonchev–Trinajstić information content (AvgIpc) is 3.03. The average molecular weight is 399 g/mol. The lowest BCUT2D eigenvalue weighted by molar-refractivity contribution is -0.125. The molecule has 6 heteroatoms. The van der Waals surface area contributed by atoms with Gasteiger partial charge in [0.25, 0.3) is 11.8 Å². The fourth-order valence-corrected chi connectivity index (χ4v) is 3.65. The maximum Gasteiger partial charge on any atom is 0.262 e. The van der Waals surface area contributed by atoms with Crippen LogP contribution in [-0.2, 0) is 11.2 Å². The summed E-state index contributed by atoms with van der Waals surface area (Å²) in [5.41, 5.74) is 2.36. The van der Waals surface area contributed by atoms with E-state index in [0.717, 1.165) is 16.0 Å². The third kappa shape index (κ3) is 3.72. The molecule has 0 spiro atoms. The van der Waals surface area contributed by atoms with Crippen LogP contribution in [0.4, 0.5) is 0 Å². The minimum atomic E-state index is -0.959. The molecule has 2 heterocycles. The van der Waals surface area contributed by atoms with Gasteiger partial charge in [0.15, 0.2) is 0 Å². The van der Waals surface area contributed by atoms with Gasteiger partial charge >= 0.3 is 0 Å². The number of pyridine rings is 1. The number of benzene rings is 2. The van der Waals surface area contributed by atoms with Gasteiger partial charge in [-0.15, -0.1) is 0 Å². The van der Waals surface area contributed by atoms with Gasteiger partial charge < -0.3 is 5.32 Å². The first-order chi connectivity index (χ1) is 14.6. The smallest absolute Gasteiger partial charge is 0.262 e. The van der Waals surface area contributed by atoms with Gasteiger partial charge in [-0.25, -0.2) is 0 Å². The van der Waals surface area contributed by atoms with Crippen molar-refractivity contribution in [1.29, 1.82) is 0 Å². The van der Waals surface area contributed by atoms with Gasteiger partial charge in [-0.1, -0.05) is 48.5 Å². The molecule has 0 bridgehead atoms. The highest BCUT2D eigenvalue weighted by atomic mass is 16.2. The third-order valence-corrected chi connectivity index (χ3v) is 5.25. The number of carbonyl (C=O) groups excluding carboxylic acids is 3. The molecule has 1 aromatic heterocycles. The molecule has 0 radical (unpaired) electrons. The number of hydrogen-bond acceptors (Lipinski definition) is 4. The Kier molecular flexibility index (Phi) is 5.39. The molecule has 150 valence electrons. The topological polar surface area (TPSA) is 79.4 Å². The van der Waals surface area contributed by atoms with Gasteiger partial charge in [0.1, 0.15) is 6.04 Å². The molecule has 3 amide bonds. The lowest BCUT2D eigenvalue weighted by Crippen LogP contribution is -2.51. The molecule has 0 saturated heterocycles. The van der Waals surface area contributed by atoms with E-state index in [1.54, 1.807) is 42.7 Å². The third-order valence-electron chi connectivity index (χ3n) is 5.25. The first-order valence-corrected chi connectivity index (χ1v) is 9.77. The van der Waals surface area contributed by atoms with Crippen LogP contribution in [0, 0.1) is 0 Å². The van der Waals surface area contributed by atoms with Crippen LogP contribution in [0.5, 0.6) is 0 Å². The Morgan fingerprint density at radius 3 is 2.17 bits per heavy atom. The van der Waals surface area contributed by atoms with Gasteiger partial charge in [0, 0.05) is 18.8 Å². The monoisotopic (exact) mass is 399 g/mol. The maximum absolute atomic E-state index is 13.3. The Labute approximate surface area is 174 Å². The lowest BCUT2D eigenvalue weighted by atomic mass is 10.0. The molecule has 1 aliphatic rings. The zero-order chi connectivity index (χ0) is 21.1. The van der Waals surface area contributed by atoms with E-state index in [2.05, 4.69) is 10.3 Å². The summed E-state index contributed by atoms with van der Waals surface area (Å²) < 4.78 is 0. The molecule has 3 aromatic rings. The number of aromatic nitrogens is 1. The molecule has 0 aliphatic carbocycles. The van der Waals surface area contributed by atoms with Crippen molar-refractivity contribution >= 4 is 17.7 Å². The van der Waals surface area contributed by atoms with Gasteiger partial charge in [0.05, 0.1) is 17.2 Å². The largest absolute Gasteiger partial charge is 0.348 e. The SMILES string of the molecule is C[C@@H](NC(=O)[C@H](Cc1ccccc1)N1C(=O)c2ccccc2C1=O)c1cccnc1. The van der Waals surface area contributed by atoms with Crippen molar-refractivity contribution in [2.75, 3.05) is 0 Å². The summed E-state index contributed by atoms with van der Waals surface area (Å²) in [6.07, 6.45) is 3.58. The van der Waals surface area contributed by atoms with E-state index < -0.39 is 17.9 Å². The summed E-state index contributed by atoms with van der Waals surface area (Å²) in [4.78, 5) is 44.5. The first kappa shape index (κ1) is 19.5. The number of hydrogen-bond donors (Lipinski definition) is 1. The molecule has 0 unspecified atom stereocenters. The number of fused-ring (bicyclic) bond motifs is 1. The van der Waals surface area contributed by atoms with E-state index >= 15 is 0 Å². The van der Waals surface area contributed by atoms with Crippen LogP contribution in [0.25, 0.3) is 0 Å². The molecule has 1 aliphatic heterocycles. The summed E-state index contributed by atoms with van der Waals surface area (Å²) >= 11 is 0. The van der Waals surface area contributed by atoms with Gasteiger partial charge in [-0.2, -0.15) is 0 Å². The van der Waals surface area contributed by atoms with Crippen molar-refractivity contribution in [2.45, 2.75) is 25.4 Å². The Morgan fingerprint density at radius 1 is 0.933 bits per heavy atom. The number of carbonyl (C=O) groups is 3. The minimum absolute atomic E-state index is 0.234. The Bertz CT molecular complexity index is 1050. The highest BCUT2D eigenvalue weighted by molar-refractivity contribution is 6.22. The van der Waals surface area contributed by atoms with Crippen LogP contribution in [0.3, 0.4) is 0 Å². The number of nitrogens with zero attached hydrogens (tertiary/aromatic N) is 2. The van der Waals surface area contributed by atoms with E-state index in [1.165, 1.54) is 0 Å².